The van der Waals surface area contributed by atoms with Crippen LogP contribution in [0.15, 0.2) is 36.4 Å². The molecule has 1 atom stereocenters. The van der Waals surface area contributed by atoms with E-state index >= 15 is 0 Å². The van der Waals surface area contributed by atoms with Crippen LogP contribution in [0.2, 0.25) is 10.0 Å². The van der Waals surface area contributed by atoms with Crippen LogP contribution in [0.4, 0.5) is 8.78 Å². The normalized spacial score (nSPS) is 11.8. The first-order valence-electron chi connectivity index (χ1n) is 9.58. The molecule has 2 amide bonds. The molecule has 10 heteroatoms. The topological polar surface area (TPSA) is 76.0 Å². The quantitative estimate of drug-likeness (QED) is 0.554. The van der Waals surface area contributed by atoms with Gasteiger partial charge in [-0.25, -0.2) is 13.5 Å². The van der Waals surface area contributed by atoms with Gasteiger partial charge < -0.3 is 10.6 Å². The first kappa shape index (κ1) is 23.7. The Morgan fingerprint density at radius 2 is 1.81 bits per heavy atom. The molecule has 2 N–H and O–H groups in total. The second-order valence-electron chi connectivity index (χ2n) is 7.12. The molecule has 1 unspecified atom stereocenters. The van der Waals surface area contributed by atoms with E-state index in [1.54, 1.807) is 36.7 Å². The molecule has 0 saturated carbocycles. The number of aromatic nitrogens is 2. The van der Waals surface area contributed by atoms with E-state index in [-0.39, 0.29) is 12.0 Å². The van der Waals surface area contributed by atoms with Crippen LogP contribution < -0.4 is 10.6 Å². The number of likely N-dealkylation sites (N-methyl/N-ethyl adjacent to an activating group) is 1. The second kappa shape index (κ2) is 9.67. The zero-order valence-electron chi connectivity index (χ0n) is 17.5. The van der Waals surface area contributed by atoms with Gasteiger partial charge in [0.2, 0.25) is 11.8 Å². The molecule has 2 aromatic carbocycles. The third kappa shape index (κ3) is 4.92. The highest BCUT2D eigenvalue weighted by molar-refractivity contribution is 6.35. The molecule has 6 nitrogen and oxygen atoms in total. The standard InChI is InChI=1S/C22H20Cl2F2N4O2/c1-11-15(12(2)30(29-11)19-7-5-14(23)9-16(19)24)10-20(31)28-21(22(32)27-3)13-4-6-17(25)18(26)8-13/h4-9,21H,10H2,1-3H3,(H,27,32)(H,28,31). The Hall–Kier alpha value is -2.97. The van der Waals surface area contributed by atoms with Crippen LogP contribution >= 0.6 is 23.2 Å². The van der Waals surface area contributed by atoms with Crippen molar-refractivity contribution in [2.75, 3.05) is 7.05 Å². The molecule has 0 aliphatic rings. The van der Waals surface area contributed by atoms with Gasteiger partial charge in [0, 0.05) is 23.3 Å². The Balaban J connectivity index is 1.86. The van der Waals surface area contributed by atoms with Gasteiger partial charge in [0.1, 0.15) is 6.04 Å². The first-order valence-corrected chi connectivity index (χ1v) is 10.3. The maximum absolute atomic E-state index is 13.7. The van der Waals surface area contributed by atoms with Crippen LogP contribution in [0, 0.1) is 25.5 Å². The van der Waals surface area contributed by atoms with Crippen LogP contribution in [0.5, 0.6) is 0 Å². The summed E-state index contributed by atoms with van der Waals surface area (Å²) in [5.74, 6) is -3.22. The summed E-state index contributed by atoms with van der Waals surface area (Å²) in [5.41, 5.74) is 2.66. The van der Waals surface area contributed by atoms with Gasteiger partial charge in [-0.2, -0.15) is 5.10 Å². The number of carbonyl (C=O) groups excluding carboxylic acids is 2. The van der Waals surface area contributed by atoms with Gasteiger partial charge in [-0.05, 0) is 49.7 Å². The fourth-order valence-electron chi connectivity index (χ4n) is 3.33. The summed E-state index contributed by atoms with van der Waals surface area (Å²) in [6.45, 7) is 3.54. The summed E-state index contributed by atoms with van der Waals surface area (Å²) in [7, 11) is 1.38. The minimum Gasteiger partial charge on any atom is -0.357 e. The highest BCUT2D eigenvalue weighted by atomic mass is 35.5. The van der Waals surface area contributed by atoms with E-state index in [1.165, 1.54) is 13.1 Å². The molecule has 1 aromatic heterocycles. The number of amides is 2. The second-order valence-corrected chi connectivity index (χ2v) is 7.97. The van der Waals surface area contributed by atoms with Crippen molar-refractivity contribution >= 4 is 35.0 Å². The predicted octanol–water partition coefficient (Wildman–Crippen LogP) is 4.22. The lowest BCUT2D eigenvalue weighted by atomic mass is 10.0. The van der Waals surface area contributed by atoms with Gasteiger partial charge in [-0.3, -0.25) is 9.59 Å². The number of halogens is 4. The largest absolute Gasteiger partial charge is 0.357 e. The molecule has 32 heavy (non-hydrogen) atoms. The Kier molecular flexibility index (Phi) is 7.16. The fourth-order valence-corrected chi connectivity index (χ4v) is 3.82. The SMILES string of the molecule is CNC(=O)C(NC(=O)Cc1c(C)nn(-c2ccc(Cl)cc2Cl)c1C)c1ccc(F)c(F)c1. The smallest absolute Gasteiger partial charge is 0.246 e. The van der Waals surface area contributed by atoms with E-state index in [0.29, 0.717) is 32.7 Å². The summed E-state index contributed by atoms with van der Waals surface area (Å²) in [6, 6.07) is 6.84. The van der Waals surface area contributed by atoms with Gasteiger partial charge in [0.05, 0.1) is 22.8 Å². The van der Waals surface area contributed by atoms with Crippen molar-refractivity contribution in [1.82, 2.24) is 20.4 Å². The number of benzene rings is 2. The number of hydrogen-bond acceptors (Lipinski definition) is 3. The molecular weight excluding hydrogens is 461 g/mol. The van der Waals surface area contributed by atoms with Crippen molar-refractivity contribution in [3.63, 3.8) is 0 Å². The van der Waals surface area contributed by atoms with Gasteiger partial charge >= 0.3 is 0 Å². The maximum atomic E-state index is 13.7. The first-order chi connectivity index (χ1) is 15.1. The molecule has 0 saturated heterocycles. The van der Waals surface area contributed by atoms with Crippen molar-refractivity contribution in [3.05, 3.63) is 80.6 Å². The number of rotatable bonds is 6. The molecule has 0 spiro atoms. The van der Waals surface area contributed by atoms with Gasteiger partial charge in [-0.1, -0.05) is 29.3 Å². The van der Waals surface area contributed by atoms with E-state index in [9.17, 15) is 18.4 Å². The lowest BCUT2D eigenvalue weighted by Crippen LogP contribution is -2.39. The molecule has 0 bridgehead atoms. The van der Waals surface area contributed by atoms with Crippen LogP contribution in [0.25, 0.3) is 5.69 Å². The van der Waals surface area contributed by atoms with E-state index in [4.69, 9.17) is 23.2 Å². The Labute approximate surface area is 193 Å². The Morgan fingerprint density at radius 1 is 1.09 bits per heavy atom. The van der Waals surface area contributed by atoms with E-state index < -0.39 is 29.5 Å². The average molecular weight is 481 g/mol. The average Bonchev–Trinajstić information content (AvgIpc) is 3.01. The van der Waals surface area contributed by atoms with Gasteiger partial charge in [0.15, 0.2) is 11.6 Å². The van der Waals surface area contributed by atoms with Gasteiger partial charge in [0.25, 0.3) is 0 Å². The molecular formula is C22H20Cl2F2N4O2. The number of hydrogen-bond donors (Lipinski definition) is 2. The van der Waals surface area contributed by atoms with Gasteiger partial charge in [-0.15, -0.1) is 0 Å². The zero-order chi connectivity index (χ0) is 23.6. The molecule has 3 rings (SSSR count). The molecule has 0 radical (unpaired) electrons. The van der Waals surface area contributed by atoms with Crippen LogP contribution in [-0.2, 0) is 16.0 Å². The molecule has 0 fully saturated rings. The Morgan fingerprint density at radius 3 is 2.44 bits per heavy atom. The minimum atomic E-state index is -1.19. The summed E-state index contributed by atoms with van der Waals surface area (Å²) in [5, 5.41) is 10.4. The summed E-state index contributed by atoms with van der Waals surface area (Å²) in [6.07, 6.45) is -0.0833. The van der Waals surface area contributed by atoms with E-state index in [2.05, 4.69) is 15.7 Å². The summed E-state index contributed by atoms with van der Waals surface area (Å²) in [4.78, 5) is 25.1. The van der Waals surface area contributed by atoms with Crippen LogP contribution in [-0.4, -0.2) is 28.6 Å². The predicted molar refractivity (Wildman–Crippen MR) is 118 cm³/mol. The molecule has 0 aliphatic heterocycles. The van der Waals surface area contributed by atoms with Crippen molar-refractivity contribution in [2.45, 2.75) is 26.3 Å². The lowest BCUT2D eigenvalue weighted by Gasteiger charge is -2.18. The van der Waals surface area contributed by atoms with Crippen molar-refractivity contribution in [1.29, 1.82) is 0 Å². The minimum absolute atomic E-state index is 0.0833. The van der Waals surface area contributed by atoms with Crippen molar-refractivity contribution < 1.29 is 18.4 Å². The van der Waals surface area contributed by atoms with E-state index in [1.807, 2.05) is 0 Å². The van der Waals surface area contributed by atoms with E-state index in [0.717, 1.165) is 12.1 Å². The highest BCUT2D eigenvalue weighted by Gasteiger charge is 2.25. The number of aryl methyl sites for hydroxylation is 1. The molecule has 3 aromatic rings. The molecule has 0 aliphatic carbocycles. The lowest BCUT2D eigenvalue weighted by molar-refractivity contribution is -0.128. The Bertz CT molecular complexity index is 1200. The third-order valence-electron chi connectivity index (χ3n) is 5.01. The summed E-state index contributed by atoms with van der Waals surface area (Å²) < 4.78 is 28.6. The monoisotopic (exact) mass is 480 g/mol. The number of nitrogens with one attached hydrogen (secondary N) is 2. The number of nitrogens with zero attached hydrogens (tertiary/aromatic N) is 2. The zero-order valence-corrected chi connectivity index (χ0v) is 19.0. The van der Waals surface area contributed by atoms with Crippen LogP contribution in [0.1, 0.15) is 28.6 Å². The van der Waals surface area contributed by atoms with Crippen LogP contribution in [0.3, 0.4) is 0 Å². The fraction of sp³-hybridized carbons (Fsp3) is 0.227. The maximum Gasteiger partial charge on any atom is 0.246 e. The summed E-state index contributed by atoms with van der Waals surface area (Å²) >= 11 is 12.2. The highest BCUT2D eigenvalue weighted by Crippen LogP contribution is 2.27. The molecule has 168 valence electrons. The number of carbonyl (C=O) groups is 2. The van der Waals surface area contributed by atoms with Crippen molar-refractivity contribution in [3.8, 4) is 5.69 Å². The molecule has 1 heterocycles. The third-order valence-corrected chi connectivity index (χ3v) is 5.55. The van der Waals surface area contributed by atoms with Crippen molar-refractivity contribution in [2.24, 2.45) is 0 Å².